The highest BCUT2D eigenvalue weighted by Gasteiger charge is 2.10. The number of pyridine rings is 1. The lowest BCUT2D eigenvalue weighted by molar-refractivity contribution is 0.415. The third kappa shape index (κ3) is 3.34. The predicted octanol–water partition coefficient (Wildman–Crippen LogP) is 4.90. The molecule has 2 aromatic carbocycles. The lowest BCUT2D eigenvalue weighted by Crippen LogP contribution is -2.01. The Labute approximate surface area is 156 Å². The van der Waals surface area contributed by atoms with Crippen LogP contribution in [0.1, 0.15) is 5.56 Å². The summed E-state index contributed by atoms with van der Waals surface area (Å²) in [5, 5.41) is 4.08. The third-order valence-electron chi connectivity index (χ3n) is 4.14. The van der Waals surface area contributed by atoms with Crippen LogP contribution in [-0.4, -0.2) is 22.1 Å². The minimum Gasteiger partial charge on any atom is -0.497 e. The van der Waals surface area contributed by atoms with Gasteiger partial charge in [-0.15, -0.1) is 0 Å². The van der Waals surface area contributed by atoms with E-state index >= 15 is 0 Å². The first-order valence-electron chi connectivity index (χ1n) is 8.20. The summed E-state index contributed by atoms with van der Waals surface area (Å²) in [6, 6.07) is 17.4. The Balaban J connectivity index is 1.61. The normalized spacial score (nSPS) is 10.8. The van der Waals surface area contributed by atoms with E-state index in [9.17, 15) is 0 Å². The molecule has 0 aliphatic heterocycles. The van der Waals surface area contributed by atoms with Crippen LogP contribution in [0.25, 0.3) is 22.4 Å². The Morgan fingerprint density at radius 2 is 1.81 bits per heavy atom. The number of ether oxygens (including phenoxy) is 1. The molecule has 0 saturated carbocycles. The molecule has 5 nitrogen and oxygen atoms in total. The number of methoxy groups -OCH3 is 1. The lowest BCUT2D eigenvalue weighted by atomic mass is 10.2. The summed E-state index contributed by atoms with van der Waals surface area (Å²) in [5.41, 5.74) is 3.86. The van der Waals surface area contributed by atoms with Crippen LogP contribution in [0.4, 0.5) is 5.82 Å². The molecule has 0 amide bonds. The van der Waals surface area contributed by atoms with Crippen LogP contribution < -0.4 is 10.1 Å². The summed E-state index contributed by atoms with van der Waals surface area (Å²) in [5.74, 6) is 2.36. The molecular formula is C20H17ClN4O. The first-order chi connectivity index (χ1) is 12.7. The van der Waals surface area contributed by atoms with Crippen LogP contribution in [0.2, 0.25) is 5.02 Å². The van der Waals surface area contributed by atoms with E-state index in [4.69, 9.17) is 21.3 Å². The maximum atomic E-state index is 5.93. The van der Waals surface area contributed by atoms with E-state index < -0.39 is 0 Å². The van der Waals surface area contributed by atoms with Gasteiger partial charge in [-0.1, -0.05) is 23.7 Å². The van der Waals surface area contributed by atoms with Gasteiger partial charge in [0.2, 0.25) is 0 Å². The minimum atomic E-state index is 0.647. The van der Waals surface area contributed by atoms with Crippen LogP contribution in [-0.2, 0) is 6.54 Å². The molecule has 130 valence electrons. The summed E-state index contributed by atoms with van der Waals surface area (Å²) in [6.07, 6.45) is 1.77. The van der Waals surface area contributed by atoms with Crippen molar-refractivity contribution in [2.24, 2.45) is 0 Å². The van der Waals surface area contributed by atoms with E-state index in [1.165, 1.54) is 0 Å². The number of hydrogen-bond donors (Lipinski definition) is 2. The van der Waals surface area contributed by atoms with Gasteiger partial charge in [0, 0.05) is 23.3 Å². The van der Waals surface area contributed by atoms with Crippen molar-refractivity contribution in [1.82, 2.24) is 15.0 Å². The van der Waals surface area contributed by atoms with Crippen molar-refractivity contribution in [3.8, 4) is 17.1 Å². The Hall–Kier alpha value is -3.05. The van der Waals surface area contributed by atoms with Gasteiger partial charge in [0.05, 0.1) is 12.6 Å². The topological polar surface area (TPSA) is 62.8 Å². The standard InChI is InChI=1S/C20H17ClN4O/c1-26-16-8-4-14(5-9-16)19-24-17-10-11-22-20(18(17)25-19)23-12-13-2-6-15(21)7-3-13/h2-11H,12H2,1H3,(H,22,23)(H,24,25). The third-order valence-corrected chi connectivity index (χ3v) is 4.39. The zero-order valence-corrected chi connectivity index (χ0v) is 14.9. The molecule has 6 heteroatoms. The van der Waals surface area contributed by atoms with E-state index in [0.717, 1.165) is 44.6 Å². The van der Waals surface area contributed by atoms with Crippen LogP contribution in [0, 0.1) is 0 Å². The number of halogens is 1. The SMILES string of the molecule is COc1ccc(-c2nc3c(NCc4ccc(Cl)cc4)nccc3[nH]2)cc1. The number of benzene rings is 2. The van der Waals surface area contributed by atoms with Gasteiger partial charge >= 0.3 is 0 Å². The number of nitrogens with zero attached hydrogens (tertiary/aromatic N) is 2. The number of aromatic amines is 1. The number of H-pyrrole nitrogens is 1. The van der Waals surface area contributed by atoms with Gasteiger partial charge in [-0.05, 0) is 48.0 Å². The molecule has 26 heavy (non-hydrogen) atoms. The molecule has 4 rings (SSSR count). The average molecular weight is 365 g/mol. The van der Waals surface area contributed by atoms with Crippen molar-refractivity contribution in [2.75, 3.05) is 12.4 Å². The van der Waals surface area contributed by atoms with Gasteiger partial charge in [0.25, 0.3) is 0 Å². The monoisotopic (exact) mass is 364 g/mol. The van der Waals surface area contributed by atoms with Crippen LogP contribution in [0.15, 0.2) is 60.8 Å². The highest BCUT2D eigenvalue weighted by Crippen LogP contribution is 2.26. The zero-order valence-electron chi connectivity index (χ0n) is 14.2. The van der Waals surface area contributed by atoms with Gasteiger partial charge in [-0.2, -0.15) is 0 Å². The number of anilines is 1. The largest absolute Gasteiger partial charge is 0.497 e. The van der Waals surface area contributed by atoms with Crippen molar-refractivity contribution in [2.45, 2.75) is 6.54 Å². The molecule has 2 N–H and O–H groups in total. The number of hydrogen-bond acceptors (Lipinski definition) is 4. The second kappa shape index (κ2) is 7.06. The molecule has 0 aliphatic carbocycles. The van der Waals surface area contributed by atoms with Gasteiger partial charge in [-0.25, -0.2) is 9.97 Å². The molecule has 0 unspecified atom stereocenters. The van der Waals surface area contributed by atoms with Crippen molar-refractivity contribution in [3.05, 3.63) is 71.4 Å². The van der Waals surface area contributed by atoms with Gasteiger partial charge < -0.3 is 15.0 Å². The van der Waals surface area contributed by atoms with Crippen LogP contribution in [0.5, 0.6) is 5.75 Å². The fraction of sp³-hybridized carbons (Fsp3) is 0.100. The number of nitrogens with one attached hydrogen (secondary N) is 2. The molecule has 0 bridgehead atoms. The predicted molar refractivity (Wildman–Crippen MR) is 105 cm³/mol. The molecule has 2 heterocycles. The number of aromatic nitrogens is 3. The smallest absolute Gasteiger partial charge is 0.154 e. The Bertz CT molecular complexity index is 1030. The second-order valence-electron chi connectivity index (χ2n) is 5.85. The first-order valence-corrected chi connectivity index (χ1v) is 8.58. The average Bonchev–Trinajstić information content (AvgIpc) is 3.12. The highest BCUT2D eigenvalue weighted by molar-refractivity contribution is 6.30. The maximum absolute atomic E-state index is 5.93. The van der Waals surface area contributed by atoms with E-state index in [1.54, 1.807) is 13.3 Å². The molecule has 4 aromatic rings. The molecular weight excluding hydrogens is 348 g/mol. The Kier molecular flexibility index (Phi) is 4.46. The van der Waals surface area contributed by atoms with E-state index in [0.29, 0.717) is 6.54 Å². The highest BCUT2D eigenvalue weighted by atomic mass is 35.5. The summed E-state index contributed by atoms with van der Waals surface area (Å²) >= 11 is 5.93. The molecule has 0 fully saturated rings. The number of fused-ring (bicyclic) bond motifs is 1. The van der Waals surface area contributed by atoms with Crippen molar-refractivity contribution >= 4 is 28.5 Å². The van der Waals surface area contributed by atoms with Crippen LogP contribution in [0.3, 0.4) is 0 Å². The first kappa shape index (κ1) is 16.4. The fourth-order valence-electron chi connectivity index (χ4n) is 2.74. The van der Waals surface area contributed by atoms with Crippen molar-refractivity contribution in [3.63, 3.8) is 0 Å². The number of rotatable bonds is 5. The number of imidazole rings is 1. The maximum Gasteiger partial charge on any atom is 0.154 e. The Morgan fingerprint density at radius 1 is 1.04 bits per heavy atom. The molecule has 0 atom stereocenters. The lowest BCUT2D eigenvalue weighted by Gasteiger charge is -2.06. The van der Waals surface area contributed by atoms with Gasteiger partial charge in [-0.3, -0.25) is 0 Å². The molecule has 0 radical (unpaired) electrons. The van der Waals surface area contributed by atoms with Gasteiger partial charge in [0.15, 0.2) is 5.82 Å². The second-order valence-corrected chi connectivity index (χ2v) is 6.29. The van der Waals surface area contributed by atoms with E-state index in [2.05, 4.69) is 15.3 Å². The summed E-state index contributed by atoms with van der Waals surface area (Å²) in [6.45, 7) is 0.647. The molecule has 0 aliphatic rings. The van der Waals surface area contributed by atoms with Gasteiger partial charge in [0.1, 0.15) is 17.1 Å². The summed E-state index contributed by atoms with van der Waals surface area (Å²) in [7, 11) is 1.65. The van der Waals surface area contributed by atoms with Crippen molar-refractivity contribution < 1.29 is 4.74 Å². The molecule has 0 spiro atoms. The van der Waals surface area contributed by atoms with E-state index in [1.807, 2.05) is 54.6 Å². The summed E-state index contributed by atoms with van der Waals surface area (Å²) < 4.78 is 5.21. The van der Waals surface area contributed by atoms with Crippen molar-refractivity contribution in [1.29, 1.82) is 0 Å². The minimum absolute atomic E-state index is 0.647. The quantitative estimate of drug-likeness (QED) is 0.528. The van der Waals surface area contributed by atoms with E-state index in [-0.39, 0.29) is 0 Å². The Morgan fingerprint density at radius 3 is 2.54 bits per heavy atom. The zero-order chi connectivity index (χ0) is 17.9. The molecule has 2 aromatic heterocycles. The van der Waals surface area contributed by atoms with Crippen LogP contribution >= 0.6 is 11.6 Å². The fourth-order valence-corrected chi connectivity index (χ4v) is 2.86. The molecule has 0 saturated heterocycles. The summed E-state index contributed by atoms with van der Waals surface area (Å²) in [4.78, 5) is 12.5.